The number of benzene rings is 1. The molecule has 0 unspecified atom stereocenters. The van der Waals surface area contributed by atoms with Gasteiger partial charge in [0.25, 0.3) is 5.91 Å². The third-order valence-electron chi connectivity index (χ3n) is 2.47. The van der Waals surface area contributed by atoms with Gasteiger partial charge in [-0.15, -0.1) is 0 Å². The van der Waals surface area contributed by atoms with Crippen LogP contribution < -0.4 is 11.1 Å². The maximum atomic E-state index is 12.0. The number of nitrogens with one attached hydrogen (secondary N) is 1. The molecule has 0 fully saturated rings. The SMILES string of the molecule is NC(=O)Cc1ccccc1NC(=O)c1cncc(Cl)n1. The van der Waals surface area contributed by atoms with E-state index in [-0.39, 0.29) is 17.3 Å². The number of nitrogens with zero attached hydrogens (tertiary/aromatic N) is 2. The minimum atomic E-state index is -0.478. The number of amides is 2. The Kier molecular flexibility index (Phi) is 4.27. The third-order valence-corrected chi connectivity index (χ3v) is 2.65. The van der Waals surface area contributed by atoms with E-state index in [1.165, 1.54) is 12.4 Å². The average Bonchev–Trinajstić information content (AvgIpc) is 2.40. The van der Waals surface area contributed by atoms with Crippen molar-refractivity contribution in [3.8, 4) is 0 Å². The first-order valence-corrected chi connectivity index (χ1v) is 6.09. The number of carbonyl (C=O) groups excluding carboxylic acids is 2. The summed E-state index contributed by atoms with van der Waals surface area (Å²) in [4.78, 5) is 30.7. The van der Waals surface area contributed by atoms with Crippen LogP contribution in [0.3, 0.4) is 0 Å². The highest BCUT2D eigenvalue weighted by molar-refractivity contribution is 6.29. The summed E-state index contributed by atoms with van der Waals surface area (Å²) in [5, 5.41) is 2.78. The summed E-state index contributed by atoms with van der Waals surface area (Å²) in [6.45, 7) is 0. The molecular weight excluding hydrogens is 280 g/mol. The number of rotatable bonds is 4. The highest BCUT2D eigenvalue weighted by atomic mass is 35.5. The minimum Gasteiger partial charge on any atom is -0.369 e. The lowest BCUT2D eigenvalue weighted by Gasteiger charge is -2.09. The molecule has 102 valence electrons. The van der Waals surface area contributed by atoms with Gasteiger partial charge < -0.3 is 11.1 Å². The Labute approximate surface area is 120 Å². The summed E-state index contributed by atoms with van der Waals surface area (Å²) in [5.41, 5.74) is 6.38. The Bertz CT molecular complexity index is 660. The van der Waals surface area contributed by atoms with Gasteiger partial charge in [0.1, 0.15) is 10.8 Å². The zero-order valence-electron chi connectivity index (χ0n) is 10.3. The Balaban J connectivity index is 2.21. The maximum Gasteiger partial charge on any atom is 0.275 e. The van der Waals surface area contributed by atoms with Gasteiger partial charge >= 0.3 is 0 Å². The van der Waals surface area contributed by atoms with Gasteiger partial charge in [0.15, 0.2) is 0 Å². The van der Waals surface area contributed by atoms with Crippen LogP contribution in [0.15, 0.2) is 36.7 Å². The zero-order valence-corrected chi connectivity index (χ0v) is 11.1. The molecule has 1 heterocycles. The fourth-order valence-electron chi connectivity index (χ4n) is 1.62. The predicted octanol–water partition coefficient (Wildman–Crippen LogP) is 1.41. The lowest BCUT2D eigenvalue weighted by Crippen LogP contribution is -2.18. The van der Waals surface area contributed by atoms with Crippen molar-refractivity contribution in [1.82, 2.24) is 9.97 Å². The van der Waals surface area contributed by atoms with Gasteiger partial charge in [-0.2, -0.15) is 0 Å². The molecule has 1 aromatic carbocycles. The van der Waals surface area contributed by atoms with E-state index in [1.54, 1.807) is 24.3 Å². The molecule has 7 heteroatoms. The van der Waals surface area contributed by atoms with Crippen molar-refractivity contribution >= 4 is 29.1 Å². The van der Waals surface area contributed by atoms with Gasteiger partial charge in [-0.3, -0.25) is 14.6 Å². The lowest BCUT2D eigenvalue weighted by molar-refractivity contribution is -0.117. The number of anilines is 1. The van der Waals surface area contributed by atoms with Crippen molar-refractivity contribution in [2.75, 3.05) is 5.32 Å². The Morgan fingerprint density at radius 3 is 2.70 bits per heavy atom. The summed E-state index contributed by atoms with van der Waals surface area (Å²) in [5.74, 6) is -0.939. The lowest BCUT2D eigenvalue weighted by atomic mass is 10.1. The molecule has 0 aliphatic heterocycles. The fourth-order valence-corrected chi connectivity index (χ4v) is 1.77. The highest BCUT2D eigenvalue weighted by Crippen LogP contribution is 2.16. The van der Waals surface area contributed by atoms with Crippen LogP contribution in [0.25, 0.3) is 0 Å². The molecule has 2 aromatic rings. The molecule has 0 radical (unpaired) electrons. The number of carbonyl (C=O) groups is 2. The molecule has 2 rings (SSSR count). The Hall–Kier alpha value is -2.47. The first kappa shape index (κ1) is 14.0. The van der Waals surface area contributed by atoms with Gasteiger partial charge in [0, 0.05) is 5.69 Å². The molecule has 0 saturated carbocycles. The second-order valence-corrected chi connectivity index (χ2v) is 4.37. The van der Waals surface area contributed by atoms with Crippen molar-refractivity contribution in [1.29, 1.82) is 0 Å². The van der Waals surface area contributed by atoms with E-state index in [9.17, 15) is 9.59 Å². The summed E-state index contributed by atoms with van der Waals surface area (Å²) in [6.07, 6.45) is 2.68. The van der Waals surface area contributed by atoms with Gasteiger partial charge in [-0.1, -0.05) is 29.8 Å². The average molecular weight is 291 g/mol. The summed E-state index contributed by atoms with van der Waals surface area (Å²) < 4.78 is 0. The number of halogens is 1. The highest BCUT2D eigenvalue weighted by Gasteiger charge is 2.12. The van der Waals surface area contributed by atoms with E-state index in [0.717, 1.165) is 0 Å². The molecule has 1 aromatic heterocycles. The largest absolute Gasteiger partial charge is 0.369 e. The molecule has 0 bridgehead atoms. The number of para-hydroxylation sites is 1. The quantitative estimate of drug-likeness (QED) is 0.889. The predicted molar refractivity (Wildman–Crippen MR) is 74.3 cm³/mol. The molecule has 2 amide bonds. The van der Waals surface area contributed by atoms with E-state index < -0.39 is 11.8 Å². The van der Waals surface area contributed by atoms with Gasteiger partial charge in [0.05, 0.1) is 18.8 Å². The third kappa shape index (κ3) is 3.52. The minimum absolute atomic E-state index is 0.0394. The number of nitrogens with two attached hydrogens (primary N) is 1. The maximum absolute atomic E-state index is 12.0. The number of hydrogen-bond acceptors (Lipinski definition) is 4. The number of aromatic nitrogens is 2. The summed E-state index contributed by atoms with van der Waals surface area (Å²) in [6, 6.07) is 6.88. The monoisotopic (exact) mass is 290 g/mol. The molecule has 0 aliphatic carbocycles. The van der Waals surface area contributed by atoms with Crippen LogP contribution in [0, 0.1) is 0 Å². The molecule has 0 atom stereocenters. The van der Waals surface area contributed by atoms with Crippen LogP contribution in [0.4, 0.5) is 5.69 Å². The van der Waals surface area contributed by atoms with Crippen LogP contribution >= 0.6 is 11.6 Å². The topological polar surface area (TPSA) is 98.0 Å². The number of primary amides is 1. The molecule has 6 nitrogen and oxygen atoms in total. The number of hydrogen-bond donors (Lipinski definition) is 2. The first-order chi connectivity index (χ1) is 9.56. The zero-order chi connectivity index (χ0) is 14.5. The normalized spacial score (nSPS) is 10.1. The fraction of sp³-hybridized carbons (Fsp3) is 0.0769. The Morgan fingerprint density at radius 2 is 2.00 bits per heavy atom. The second kappa shape index (κ2) is 6.12. The molecule has 20 heavy (non-hydrogen) atoms. The van der Waals surface area contributed by atoms with Crippen molar-refractivity contribution in [2.24, 2.45) is 5.73 Å². The van der Waals surface area contributed by atoms with Crippen LogP contribution in [-0.4, -0.2) is 21.8 Å². The van der Waals surface area contributed by atoms with Crippen molar-refractivity contribution in [3.05, 3.63) is 53.1 Å². The molecular formula is C13H11ClN4O2. The van der Waals surface area contributed by atoms with Crippen LogP contribution in [0.1, 0.15) is 16.1 Å². The van der Waals surface area contributed by atoms with Crippen LogP contribution in [0.2, 0.25) is 5.15 Å². The van der Waals surface area contributed by atoms with Gasteiger partial charge in [-0.05, 0) is 11.6 Å². The molecule has 3 N–H and O–H groups in total. The van der Waals surface area contributed by atoms with Gasteiger partial charge in [0.2, 0.25) is 5.91 Å². The second-order valence-electron chi connectivity index (χ2n) is 3.98. The Morgan fingerprint density at radius 1 is 1.25 bits per heavy atom. The summed E-state index contributed by atoms with van der Waals surface area (Å²) >= 11 is 5.68. The standard InChI is InChI=1S/C13H11ClN4O2/c14-11-7-16-6-10(17-11)13(20)18-9-4-2-1-3-8(9)5-12(15)19/h1-4,6-7H,5H2,(H2,15,19)(H,18,20). The smallest absolute Gasteiger partial charge is 0.275 e. The van der Waals surface area contributed by atoms with Crippen LogP contribution in [0.5, 0.6) is 0 Å². The van der Waals surface area contributed by atoms with Crippen molar-refractivity contribution < 1.29 is 9.59 Å². The molecule has 0 spiro atoms. The van der Waals surface area contributed by atoms with E-state index in [4.69, 9.17) is 17.3 Å². The van der Waals surface area contributed by atoms with Gasteiger partial charge in [-0.25, -0.2) is 4.98 Å². The summed E-state index contributed by atoms with van der Waals surface area (Å²) in [7, 11) is 0. The van der Waals surface area contributed by atoms with E-state index in [2.05, 4.69) is 15.3 Å². The van der Waals surface area contributed by atoms with Crippen LogP contribution in [-0.2, 0) is 11.2 Å². The van der Waals surface area contributed by atoms with Crippen molar-refractivity contribution in [2.45, 2.75) is 6.42 Å². The van der Waals surface area contributed by atoms with E-state index in [0.29, 0.717) is 11.3 Å². The van der Waals surface area contributed by atoms with E-state index in [1.807, 2.05) is 0 Å². The van der Waals surface area contributed by atoms with Crippen molar-refractivity contribution in [3.63, 3.8) is 0 Å². The first-order valence-electron chi connectivity index (χ1n) is 5.71. The molecule has 0 saturated heterocycles. The molecule has 0 aliphatic rings. The van der Waals surface area contributed by atoms with E-state index >= 15 is 0 Å².